The first kappa shape index (κ1) is 7.55. The summed E-state index contributed by atoms with van der Waals surface area (Å²) in [5.74, 6) is 0. The predicted octanol–water partition coefficient (Wildman–Crippen LogP) is 3.34. The molecule has 10 heavy (non-hydrogen) atoms. The van der Waals surface area contributed by atoms with Gasteiger partial charge in [0.25, 0.3) is 0 Å². The maximum absolute atomic E-state index is 3.68. The van der Waals surface area contributed by atoms with E-state index in [9.17, 15) is 0 Å². The average Bonchev–Trinajstić information content (AvgIpc) is 2.05. The topological polar surface area (TPSA) is 0 Å². The van der Waals surface area contributed by atoms with Crippen LogP contribution in [0.1, 0.15) is 6.42 Å². The van der Waals surface area contributed by atoms with Gasteiger partial charge in [0.15, 0.2) is 0 Å². The van der Waals surface area contributed by atoms with E-state index in [1.54, 1.807) is 0 Å². The highest BCUT2D eigenvalue weighted by molar-refractivity contribution is 9.11. The number of halogens is 1. The first-order valence-electron chi connectivity index (χ1n) is 3.16. The number of rotatable bonds is 1. The Bertz CT molecular complexity index is 219. The molecule has 1 rings (SSSR count). The van der Waals surface area contributed by atoms with E-state index in [-0.39, 0.29) is 0 Å². The van der Waals surface area contributed by atoms with Gasteiger partial charge in [-0.1, -0.05) is 46.8 Å². The van der Waals surface area contributed by atoms with Crippen molar-refractivity contribution in [3.05, 3.63) is 47.0 Å². The lowest BCUT2D eigenvalue weighted by Crippen LogP contribution is -1.83. The van der Waals surface area contributed by atoms with E-state index in [1.165, 1.54) is 11.1 Å². The molecule has 0 heterocycles. The summed E-state index contributed by atoms with van der Waals surface area (Å²) in [5.41, 5.74) is 2.50. The summed E-state index contributed by atoms with van der Waals surface area (Å²) >= 11 is 3.28. The van der Waals surface area contributed by atoms with Crippen molar-refractivity contribution >= 4 is 15.9 Å². The van der Waals surface area contributed by atoms with Crippen LogP contribution < -0.4 is 0 Å². The van der Waals surface area contributed by atoms with Crippen molar-refractivity contribution in [1.82, 2.24) is 0 Å². The van der Waals surface area contributed by atoms with Crippen molar-refractivity contribution in [2.75, 3.05) is 0 Å². The fraction of sp³-hybridized carbons (Fsp3) is 0.111. The molecule has 0 aliphatic heterocycles. The molecule has 0 fully saturated rings. The standard InChI is InChI=1S/C9H9Br/c1-2-8-3-5-9(7-10)6-4-8/h2-5,7H,1,6H2. The molecular weight excluding hydrogens is 188 g/mol. The van der Waals surface area contributed by atoms with Crippen molar-refractivity contribution in [1.29, 1.82) is 0 Å². The third-order valence-corrected chi connectivity index (χ3v) is 2.03. The lowest BCUT2D eigenvalue weighted by atomic mass is 10.0. The number of allylic oxidation sites excluding steroid dienone is 6. The summed E-state index contributed by atoms with van der Waals surface area (Å²) in [4.78, 5) is 1.94. The van der Waals surface area contributed by atoms with Crippen LogP contribution in [0.3, 0.4) is 0 Å². The quantitative estimate of drug-likeness (QED) is 0.604. The fourth-order valence-corrected chi connectivity index (χ4v) is 1.15. The second-order valence-electron chi connectivity index (χ2n) is 2.13. The van der Waals surface area contributed by atoms with Gasteiger partial charge in [-0.25, -0.2) is 0 Å². The smallest absolute Gasteiger partial charge is 0.00833 e. The van der Waals surface area contributed by atoms with E-state index in [0.717, 1.165) is 6.42 Å². The number of hydrogen-bond acceptors (Lipinski definition) is 0. The molecule has 1 aliphatic rings. The van der Waals surface area contributed by atoms with Crippen molar-refractivity contribution in [3.8, 4) is 0 Å². The van der Waals surface area contributed by atoms with Crippen molar-refractivity contribution in [2.24, 2.45) is 0 Å². The van der Waals surface area contributed by atoms with Crippen LogP contribution >= 0.6 is 15.9 Å². The molecule has 0 aromatic rings. The zero-order chi connectivity index (χ0) is 7.40. The molecular formula is C9H9Br. The van der Waals surface area contributed by atoms with E-state index >= 15 is 0 Å². The molecule has 0 nitrogen and oxygen atoms in total. The van der Waals surface area contributed by atoms with Gasteiger partial charge < -0.3 is 0 Å². The summed E-state index contributed by atoms with van der Waals surface area (Å²) in [6.45, 7) is 3.68. The molecule has 0 aromatic carbocycles. The second-order valence-corrected chi connectivity index (χ2v) is 2.59. The predicted molar refractivity (Wildman–Crippen MR) is 49.0 cm³/mol. The van der Waals surface area contributed by atoms with Crippen LogP contribution in [-0.2, 0) is 0 Å². The minimum absolute atomic E-state index is 1.00. The van der Waals surface area contributed by atoms with Gasteiger partial charge >= 0.3 is 0 Å². The van der Waals surface area contributed by atoms with Crippen molar-refractivity contribution in [3.63, 3.8) is 0 Å². The Labute approximate surface area is 69.8 Å². The summed E-state index contributed by atoms with van der Waals surface area (Å²) < 4.78 is 0. The molecule has 1 heteroatoms. The summed E-state index contributed by atoms with van der Waals surface area (Å²) in [6, 6.07) is 0. The lowest BCUT2D eigenvalue weighted by Gasteiger charge is -2.03. The molecule has 0 N–H and O–H groups in total. The second kappa shape index (κ2) is 3.57. The molecule has 0 amide bonds. The summed E-state index contributed by atoms with van der Waals surface area (Å²) in [7, 11) is 0. The van der Waals surface area contributed by atoms with Gasteiger partial charge in [0, 0.05) is 0 Å². The Morgan fingerprint density at radius 2 is 2.30 bits per heavy atom. The van der Waals surface area contributed by atoms with Crippen molar-refractivity contribution < 1.29 is 0 Å². The van der Waals surface area contributed by atoms with Crippen LogP contribution in [0.2, 0.25) is 0 Å². The molecule has 0 atom stereocenters. The Balaban J connectivity index is 2.72. The van der Waals surface area contributed by atoms with Gasteiger partial charge in [-0.2, -0.15) is 0 Å². The first-order valence-corrected chi connectivity index (χ1v) is 4.08. The van der Waals surface area contributed by atoms with Crippen LogP contribution in [-0.4, -0.2) is 0 Å². The minimum Gasteiger partial charge on any atom is -0.0985 e. The molecule has 0 radical (unpaired) electrons. The van der Waals surface area contributed by atoms with E-state index < -0.39 is 0 Å². The summed E-state index contributed by atoms with van der Waals surface area (Å²) in [6.07, 6.45) is 9.17. The maximum atomic E-state index is 3.68. The van der Waals surface area contributed by atoms with Gasteiger partial charge in [0.05, 0.1) is 0 Å². The zero-order valence-electron chi connectivity index (χ0n) is 5.68. The van der Waals surface area contributed by atoms with Crippen molar-refractivity contribution in [2.45, 2.75) is 6.42 Å². The minimum atomic E-state index is 1.00. The molecule has 52 valence electrons. The maximum Gasteiger partial charge on any atom is -0.00833 e. The first-order chi connectivity index (χ1) is 4.86. The van der Waals surface area contributed by atoms with Crippen LogP contribution in [0.5, 0.6) is 0 Å². The van der Waals surface area contributed by atoms with Crippen LogP contribution in [0.15, 0.2) is 47.0 Å². The molecule has 0 saturated heterocycles. The van der Waals surface area contributed by atoms with E-state index in [4.69, 9.17) is 0 Å². The molecule has 0 saturated carbocycles. The van der Waals surface area contributed by atoms with Gasteiger partial charge in [-0.05, 0) is 22.6 Å². The third kappa shape index (κ3) is 1.71. The zero-order valence-corrected chi connectivity index (χ0v) is 7.26. The van der Waals surface area contributed by atoms with Gasteiger partial charge in [0.2, 0.25) is 0 Å². The molecule has 0 bridgehead atoms. The lowest BCUT2D eigenvalue weighted by molar-refractivity contribution is 1.25. The normalized spacial score (nSPS) is 20.9. The van der Waals surface area contributed by atoms with Crippen LogP contribution in [0, 0.1) is 0 Å². The Kier molecular flexibility index (Phi) is 2.69. The monoisotopic (exact) mass is 196 g/mol. The Morgan fingerprint density at radius 1 is 1.50 bits per heavy atom. The average molecular weight is 197 g/mol. The largest absolute Gasteiger partial charge is 0.0985 e. The highest BCUT2D eigenvalue weighted by Crippen LogP contribution is 2.16. The highest BCUT2D eigenvalue weighted by atomic mass is 79.9. The number of hydrogen-bond donors (Lipinski definition) is 0. The molecule has 0 aromatic heterocycles. The van der Waals surface area contributed by atoms with Crippen LogP contribution in [0.25, 0.3) is 0 Å². The Hall–Kier alpha value is -0.560. The van der Waals surface area contributed by atoms with Gasteiger partial charge in [0.1, 0.15) is 0 Å². The molecule has 0 spiro atoms. The van der Waals surface area contributed by atoms with Gasteiger partial charge in [-0.15, -0.1) is 0 Å². The third-order valence-electron chi connectivity index (χ3n) is 1.44. The van der Waals surface area contributed by atoms with Crippen LogP contribution in [0.4, 0.5) is 0 Å². The summed E-state index contributed by atoms with van der Waals surface area (Å²) in [5, 5.41) is 0. The van der Waals surface area contributed by atoms with E-state index in [2.05, 4.69) is 40.7 Å². The Morgan fingerprint density at radius 3 is 2.70 bits per heavy atom. The molecule has 0 unspecified atom stereocenters. The highest BCUT2D eigenvalue weighted by Gasteiger charge is 1.95. The fourth-order valence-electron chi connectivity index (χ4n) is 0.807. The van der Waals surface area contributed by atoms with E-state index in [1.807, 2.05) is 11.1 Å². The molecule has 1 aliphatic carbocycles. The van der Waals surface area contributed by atoms with Gasteiger partial charge in [-0.3, -0.25) is 0 Å². The SMILES string of the molecule is C=CC1=CCC(=CBr)C=C1. The van der Waals surface area contributed by atoms with E-state index in [0.29, 0.717) is 0 Å².